The first-order chi connectivity index (χ1) is 12.0. The van der Waals surface area contributed by atoms with E-state index in [0.29, 0.717) is 10.8 Å². The van der Waals surface area contributed by atoms with E-state index < -0.39 is 5.97 Å². The lowest BCUT2D eigenvalue weighted by atomic mass is 9.80. The van der Waals surface area contributed by atoms with Gasteiger partial charge in [0.25, 0.3) is 0 Å². The number of benzene rings is 2. The molecule has 0 saturated heterocycles. The third-order valence-electron chi connectivity index (χ3n) is 4.17. The van der Waals surface area contributed by atoms with Gasteiger partial charge in [-0.3, -0.25) is 0 Å². The van der Waals surface area contributed by atoms with Gasteiger partial charge in [-0.25, -0.2) is 4.79 Å². The molecule has 0 N–H and O–H groups in total. The van der Waals surface area contributed by atoms with Crippen molar-refractivity contribution in [2.75, 3.05) is 0 Å². The molecule has 138 valence electrons. The van der Waals surface area contributed by atoms with Crippen LogP contribution in [0.2, 0.25) is 5.02 Å². The van der Waals surface area contributed by atoms with E-state index in [1.165, 1.54) is 11.6 Å². The molecule has 0 aliphatic heterocycles. The molecule has 0 unspecified atom stereocenters. The average molecular weight is 371 g/mol. The van der Waals surface area contributed by atoms with Crippen molar-refractivity contribution in [1.82, 2.24) is 0 Å². The molecule has 0 aromatic heterocycles. The van der Waals surface area contributed by atoms with E-state index in [1.807, 2.05) is 30.3 Å². The Bertz CT molecular complexity index is 821. The molecular weight excluding hydrogens is 344 g/mol. The Kier molecular flexibility index (Phi) is 5.98. The maximum atomic E-state index is 12.3. The number of ether oxygens (including phenoxy) is 1. The normalized spacial score (nSPS) is 12.4. The van der Waals surface area contributed by atoms with Gasteiger partial charge in [-0.15, -0.1) is 0 Å². The van der Waals surface area contributed by atoms with Crippen LogP contribution in [0.5, 0.6) is 5.75 Å². The summed E-state index contributed by atoms with van der Waals surface area (Å²) in [4.78, 5) is 12.3. The molecule has 0 saturated carbocycles. The zero-order valence-corrected chi connectivity index (χ0v) is 17.1. The molecule has 3 heteroatoms. The molecule has 0 amide bonds. The fraction of sp³-hybridized carbons (Fsp3) is 0.348. The minimum Gasteiger partial charge on any atom is -0.423 e. The Morgan fingerprint density at radius 1 is 0.962 bits per heavy atom. The number of esters is 1. The van der Waals surface area contributed by atoms with Gasteiger partial charge >= 0.3 is 5.97 Å². The van der Waals surface area contributed by atoms with Crippen LogP contribution in [0.3, 0.4) is 0 Å². The van der Waals surface area contributed by atoms with Crippen molar-refractivity contribution >= 4 is 23.6 Å². The Morgan fingerprint density at radius 2 is 1.62 bits per heavy atom. The molecule has 0 aliphatic carbocycles. The number of hydrogen-bond acceptors (Lipinski definition) is 2. The lowest BCUT2D eigenvalue weighted by molar-refractivity contribution is -0.128. The Labute approximate surface area is 161 Å². The second-order valence-corrected chi connectivity index (χ2v) is 8.89. The summed E-state index contributed by atoms with van der Waals surface area (Å²) < 4.78 is 5.63. The molecule has 26 heavy (non-hydrogen) atoms. The number of rotatable bonds is 3. The smallest absolute Gasteiger partial charge is 0.336 e. The van der Waals surface area contributed by atoms with Crippen molar-refractivity contribution in [3.63, 3.8) is 0 Å². The van der Waals surface area contributed by atoms with Crippen LogP contribution in [0.15, 0.2) is 48.5 Å². The Hall–Kier alpha value is -2.06. The fourth-order valence-electron chi connectivity index (χ4n) is 2.58. The predicted molar refractivity (Wildman–Crippen MR) is 110 cm³/mol. The minimum absolute atomic E-state index is 0.0342. The van der Waals surface area contributed by atoms with Gasteiger partial charge < -0.3 is 4.74 Å². The highest BCUT2D eigenvalue weighted by Crippen LogP contribution is 2.35. The van der Waals surface area contributed by atoms with Crippen molar-refractivity contribution in [3.8, 4) is 5.75 Å². The molecule has 0 atom stereocenters. The molecule has 2 rings (SSSR count). The first-order valence-electron chi connectivity index (χ1n) is 8.78. The van der Waals surface area contributed by atoms with E-state index in [2.05, 4.69) is 47.6 Å². The lowest BCUT2D eigenvalue weighted by Crippen LogP contribution is -2.18. The summed E-state index contributed by atoms with van der Waals surface area (Å²) in [5.41, 5.74) is 2.92. The van der Waals surface area contributed by atoms with E-state index in [1.54, 1.807) is 12.1 Å². The standard InChI is InChI=1S/C23H27ClO2/c1-22(2,3)17-12-13-20(18(15-17)23(4,5)6)26-21(25)14-11-16-9-7-8-10-19(16)24/h7-15H,1-6H3/b14-11+. The van der Waals surface area contributed by atoms with Crippen LogP contribution in [0, 0.1) is 0 Å². The first kappa shape index (κ1) is 20.3. The summed E-state index contributed by atoms with van der Waals surface area (Å²) >= 11 is 6.11. The quantitative estimate of drug-likeness (QED) is 0.347. The van der Waals surface area contributed by atoms with Gasteiger partial charge in [0.1, 0.15) is 5.75 Å². The lowest BCUT2D eigenvalue weighted by Gasteiger charge is -2.26. The van der Waals surface area contributed by atoms with Crippen LogP contribution in [0.4, 0.5) is 0 Å². The molecule has 2 aromatic rings. The largest absolute Gasteiger partial charge is 0.423 e. The van der Waals surface area contributed by atoms with Crippen molar-refractivity contribution in [2.24, 2.45) is 0 Å². The topological polar surface area (TPSA) is 26.3 Å². The van der Waals surface area contributed by atoms with Crippen LogP contribution >= 0.6 is 11.6 Å². The van der Waals surface area contributed by atoms with Crippen LogP contribution in [-0.2, 0) is 15.6 Å². The van der Waals surface area contributed by atoms with E-state index in [-0.39, 0.29) is 10.8 Å². The van der Waals surface area contributed by atoms with Gasteiger partial charge in [-0.2, -0.15) is 0 Å². The highest BCUT2D eigenvalue weighted by Gasteiger charge is 2.23. The Morgan fingerprint density at radius 3 is 2.19 bits per heavy atom. The van der Waals surface area contributed by atoms with Crippen LogP contribution in [0.25, 0.3) is 6.08 Å². The average Bonchev–Trinajstić information content (AvgIpc) is 2.52. The highest BCUT2D eigenvalue weighted by atomic mass is 35.5. The highest BCUT2D eigenvalue weighted by molar-refractivity contribution is 6.32. The first-order valence-corrected chi connectivity index (χ1v) is 9.16. The number of carbonyl (C=O) groups is 1. The van der Waals surface area contributed by atoms with Gasteiger partial charge in [-0.05, 0) is 40.2 Å². The van der Waals surface area contributed by atoms with E-state index in [0.717, 1.165) is 11.1 Å². The van der Waals surface area contributed by atoms with Crippen molar-refractivity contribution in [1.29, 1.82) is 0 Å². The molecule has 0 spiro atoms. The van der Waals surface area contributed by atoms with Crippen LogP contribution in [0.1, 0.15) is 58.2 Å². The minimum atomic E-state index is -0.418. The third-order valence-corrected chi connectivity index (χ3v) is 4.51. The van der Waals surface area contributed by atoms with Gasteiger partial charge in [-0.1, -0.05) is 83.5 Å². The van der Waals surface area contributed by atoms with Crippen molar-refractivity contribution in [2.45, 2.75) is 52.4 Å². The second-order valence-electron chi connectivity index (χ2n) is 8.49. The van der Waals surface area contributed by atoms with E-state index in [9.17, 15) is 4.79 Å². The fourth-order valence-corrected chi connectivity index (χ4v) is 2.78. The molecule has 0 radical (unpaired) electrons. The van der Waals surface area contributed by atoms with E-state index in [4.69, 9.17) is 16.3 Å². The molecule has 2 aromatic carbocycles. The SMILES string of the molecule is CC(C)(C)c1ccc(OC(=O)/C=C/c2ccccc2Cl)c(C(C)(C)C)c1. The zero-order chi connectivity index (χ0) is 19.5. The summed E-state index contributed by atoms with van der Waals surface area (Å²) in [5.74, 6) is 0.179. The Balaban J connectivity index is 2.28. The molecule has 0 fully saturated rings. The second kappa shape index (κ2) is 7.67. The molecule has 0 aliphatic rings. The molecule has 2 nitrogen and oxygen atoms in total. The summed E-state index contributed by atoms with van der Waals surface area (Å²) in [6.45, 7) is 12.9. The zero-order valence-electron chi connectivity index (χ0n) is 16.4. The van der Waals surface area contributed by atoms with Crippen LogP contribution in [-0.4, -0.2) is 5.97 Å². The number of hydrogen-bond donors (Lipinski definition) is 0. The van der Waals surface area contributed by atoms with Crippen molar-refractivity contribution < 1.29 is 9.53 Å². The van der Waals surface area contributed by atoms with Gasteiger partial charge in [0.05, 0.1) is 0 Å². The summed E-state index contributed by atoms with van der Waals surface area (Å²) in [7, 11) is 0. The van der Waals surface area contributed by atoms with Gasteiger partial charge in [0.2, 0.25) is 0 Å². The number of halogens is 1. The summed E-state index contributed by atoms with van der Waals surface area (Å²) in [6, 6.07) is 13.4. The van der Waals surface area contributed by atoms with Crippen molar-refractivity contribution in [3.05, 3.63) is 70.3 Å². The third kappa shape index (κ3) is 5.22. The molecular formula is C23H27ClO2. The monoisotopic (exact) mass is 370 g/mol. The summed E-state index contributed by atoms with van der Waals surface area (Å²) in [5, 5.41) is 0.599. The maximum Gasteiger partial charge on any atom is 0.336 e. The maximum absolute atomic E-state index is 12.3. The number of carbonyl (C=O) groups excluding carboxylic acids is 1. The van der Waals surface area contributed by atoms with Gasteiger partial charge in [0.15, 0.2) is 0 Å². The van der Waals surface area contributed by atoms with Gasteiger partial charge in [0, 0.05) is 16.7 Å². The molecule has 0 heterocycles. The molecule has 0 bridgehead atoms. The summed E-state index contributed by atoms with van der Waals surface area (Å²) in [6.07, 6.45) is 3.08. The predicted octanol–water partition coefficient (Wildman–Crippen LogP) is 6.55. The van der Waals surface area contributed by atoms with Crippen LogP contribution < -0.4 is 4.74 Å². The van der Waals surface area contributed by atoms with E-state index >= 15 is 0 Å².